The van der Waals surface area contributed by atoms with Gasteiger partial charge >= 0.3 is 18.9 Å². The molecule has 0 aliphatic rings. The average molecular weight is 136 g/mol. The van der Waals surface area contributed by atoms with Crippen molar-refractivity contribution in [1.82, 2.24) is 0 Å². The molecular weight excluding hydrogens is 127 g/mol. The number of hydrogen-bond donors (Lipinski definition) is 0. The van der Waals surface area contributed by atoms with E-state index < -0.39 is 0 Å². The Labute approximate surface area is 80.2 Å². The fourth-order valence-corrected chi connectivity index (χ4v) is 0.852. The molecule has 1 aromatic carbocycles. The van der Waals surface area contributed by atoms with E-state index in [4.69, 9.17) is 6.42 Å². The molecule has 0 bridgehead atoms. The maximum atomic E-state index is 6.70. The second kappa shape index (κ2) is 6.11. The molecule has 0 aliphatic heterocycles. The van der Waals surface area contributed by atoms with Gasteiger partial charge in [-0.05, 0) is 18.4 Å². The summed E-state index contributed by atoms with van der Waals surface area (Å²) in [7, 11) is 0. The van der Waals surface area contributed by atoms with Crippen LogP contribution in [0.2, 0.25) is 0 Å². The third-order valence-electron chi connectivity index (χ3n) is 1.38. The van der Waals surface area contributed by atoms with Crippen LogP contribution in [-0.4, -0.2) is 0 Å². The van der Waals surface area contributed by atoms with Crippen molar-refractivity contribution in [2.75, 3.05) is 0 Å². The van der Waals surface area contributed by atoms with Crippen LogP contribution < -0.4 is 18.9 Å². The molecule has 1 aromatic rings. The van der Waals surface area contributed by atoms with Crippen LogP contribution in [0.4, 0.5) is 0 Å². The van der Waals surface area contributed by atoms with E-state index in [-0.39, 0.29) is 18.9 Å². The van der Waals surface area contributed by atoms with Crippen molar-refractivity contribution in [2.24, 2.45) is 0 Å². The minimum absolute atomic E-state index is 0. The minimum atomic E-state index is 0. The Hall–Kier alpha value is -0.623. The van der Waals surface area contributed by atoms with Crippen LogP contribution in [0.15, 0.2) is 30.3 Å². The van der Waals surface area contributed by atoms with E-state index in [0.29, 0.717) is 0 Å². The largest absolute Gasteiger partial charge is 1.00 e. The maximum Gasteiger partial charge on any atom is 1.00 e. The summed E-state index contributed by atoms with van der Waals surface area (Å²) in [5.41, 5.74) is 1.28. The number of aryl methyl sites for hydroxylation is 1. The zero-order chi connectivity index (χ0) is 7.23. The standard InChI is InChI=1S/C10H9.Li/c1-2-3-7-10-8-5-4-6-9-10;/h4-6,8-9H,3,7H2;/q-1;+1. The fourth-order valence-electron chi connectivity index (χ4n) is 0.852. The van der Waals surface area contributed by atoms with Crippen molar-refractivity contribution in [3.8, 4) is 5.92 Å². The van der Waals surface area contributed by atoms with Crippen LogP contribution in [-0.2, 0) is 6.42 Å². The summed E-state index contributed by atoms with van der Waals surface area (Å²) in [6.45, 7) is 0. The number of hydrogen-bond acceptors (Lipinski definition) is 0. The Kier molecular flexibility index (Phi) is 5.77. The van der Waals surface area contributed by atoms with Crippen LogP contribution in [0.25, 0.3) is 0 Å². The molecule has 0 radical (unpaired) electrons. The Balaban J connectivity index is 0.000001000. The molecule has 0 N–H and O–H groups in total. The van der Waals surface area contributed by atoms with Gasteiger partial charge in [0, 0.05) is 0 Å². The predicted molar refractivity (Wildman–Crippen MR) is 41.9 cm³/mol. The molecule has 0 unspecified atom stereocenters. The Morgan fingerprint density at radius 2 is 1.82 bits per heavy atom. The zero-order valence-electron chi connectivity index (χ0n) is 6.80. The first kappa shape index (κ1) is 10.4. The van der Waals surface area contributed by atoms with Crippen LogP contribution >= 0.6 is 0 Å². The van der Waals surface area contributed by atoms with E-state index in [1.807, 2.05) is 18.2 Å². The van der Waals surface area contributed by atoms with Gasteiger partial charge in [0.15, 0.2) is 0 Å². The molecule has 0 saturated carbocycles. The van der Waals surface area contributed by atoms with Crippen molar-refractivity contribution >= 4 is 0 Å². The smallest absolute Gasteiger partial charge is 0.694 e. The first-order valence-corrected chi connectivity index (χ1v) is 3.37. The molecule has 1 heteroatoms. The average Bonchev–Trinajstić information content (AvgIpc) is 2.03. The Morgan fingerprint density at radius 3 is 2.36 bits per heavy atom. The second-order valence-electron chi connectivity index (χ2n) is 2.16. The Bertz CT molecular complexity index is 220. The molecule has 0 saturated heterocycles. The molecule has 0 aromatic heterocycles. The van der Waals surface area contributed by atoms with Gasteiger partial charge in [-0.2, -0.15) is 0 Å². The molecule has 0 atom stereocenters. The van der Waals surface area contributed by atoms with E-state index in [2.05, 4.69) is 18.1 Å². The monoisotopic (exact) mass is 136 g/mol. The third-order valence-corrected chi connectivity index (χ3v) is 1.38. The van der Waals surface area contributed by atoms with Crippen molar-refractivity contribution in [3.63, 3.8) is 0 Å². The number of benzene rings is 1. The predicted octanol–water partition coefficient (Wildman–Crippen LogP) is -0.787. The van der Waals surface area contributed by atoms with Gasteiger partial charge in [0.05, 0.1) is 0 Å². The fraction of sp³-hybridized carbons (Fsp3) is 0.200. The summed E-state index contributed by atoms with van der Waals surface area (Å²) in [5, 5.41) is 0. The van der Waals surface area contributed by atoms with Gasteiger partial charge in [-0.25, -0.2) is 0 Å². The van der Waals surface area contributed by atoms with E-state index in [0.717, 1.165) is 12.8 Å². The summed E-state index contributed by atoms with van der Waals surface area (Å²) in [4.78, 5) is 0. The molecule has 0 nitrogen and oxygen atoms in total. The molecule has 0 amide bonds. The van der Waals surface area contributed by atoms with Gasteiger partial charge in [0.25, 0.3) is 0 Å². The van der Waals surface area contributed by atoms with Gasteiger partial charge in [0.1, 0.15) is 0 Å². The van der Waals surface area contributed by atoms with E-state index in [1.165, 1.54) is 5.56 Å². The van der Waals surface area contributed by atoms with Crippen LogP contribution in [0.3, 0.4) is 0 Å². The molecule has 11 heavy (non-hydrogen) atoms. The van der Waals surface area contributed by atoms with Crippen LogP contribution in [0, 0.1) is 12.3 Å². The molecule has 1 rings (SSSR count). The summed E-state index contributed by atoms with van der Waals surface area (Å²) in [6.07, 6.45) is 8.36. The number of rotatable bonds is 2. The third kappa shape index (κ3) is 3.94. The van der Waals surface area contributed by atoms with E-state index in [9.17, 15) is 0 Å². The summed E-state index contributed by atoms with van der Waals surface area (Å²) in [5.74, 6) is 2.37. The van der Waals surface area contributed by atoms with Gasteiger partial charge in [-0.3, -0.25) is 0 Å². The van der Waals surface area contributed by atoms with Gasteiger partial charge in [-0.1, -0.05) is 30.3 Å². The molecule has 0 heterocycles. The van der Waals surface area contributed by atoms with E-state index >= 15 is 0 Å². The van der Waals surface area contributed by atoms with Crippen LogP contribution in [0.5, 0.6) is 0 Å². The maximum absolute atomic E-state index is 6.70. The SMILES string of the molecule is [C-]#CCCc1ccccc1.[Li+]. The van der Waals surface area contributed by atoms with Crippen molar-refractivity contribution in [1.29, 1.82) is 0 Å². The molecule has 0 fully saturated rings. The first-order valence-electron chi connectivity index (χ1n) is 3.37. The van der Waals surface area contributed by atoms with Crippen molar-refractivity contribution in [2.45, 2.75) is 12.8 Å². The normalized spacial score (nSPS) is 7.91. The molecule has 0 spiro atoms. The summed E-state index contributed by atoms with van der Waals surface area (Å²) < 4.78 is 0. The summed E-state index contributed by atoms with van der Waals surface area (Å²) in [6, 6.07) is 10.2. The molecule has 50 valence electrons. The van der Waals surface area contributed by atoms with E-state index in [1.54, 1.807) is 0 Å². The minimum Gasteiger partial charge on any atom is -0.694 e. The zero-order valence-corrected chi connectivity index (χ0v) is 6.80. The van der Waals surface area contributed by atoms with Gasteiger partial charge in [0.2, 0.25) is 0 Å². The second-order valence-corrected chi connectivity index (χ2v) is 2.16. The van der Waals surface area contributed by atoms with Crippen molar-refractivity contribution < 1.29 is 18.9 Å². The van der Waals surface area contributed by atoms with Crippen molar-refractivity contribution in [3.05, 3.63) is 42.3 Å². The first-order chi connectivity index (χ1) is 4.93. The topological polar surface area (TPSA) is 0 Å². The summed E-state index contributed by atoms with van der Waals surface area (Å²) >= 11 is 0. The Morgan fingerprint density at radius 1 is 1.18 bits per heavy atom. The quantitative estimate of drug-likeness (QED) is 0.284. The molecular formula is C10H9Li. The van der Waals surface area contributed by atoms with Crippen LogP contribution in [0.1, 0.15) is 12.0 Å². The van der Waals surface area contributed by atoms with Gasteiger partial charge in [-0.15, -0.1) is 0 Å². The van der Waals surface area contributed by atoms with Gasteiger partial charge < -0.3 is 12.3 Å². The molecule has 0 aliphatic carbocycles.